The third-order valence-corrected chi connectivity index (χ3v) is 4.87. The fourth-order valence-corrected chi connectivity index (χ4v) is 3.19. The largest absolute Gasteiger partial charge is 0.454 e. The van der Waals surface area contributed by atoms with Crippen molar-refractivity contribution in [2.75, 3.05) is 27.6 Å². The van der Waals surface area contributed by atoms with E-state index in [-0.39, 0.29) is 0 Å². The number of ether oxygens (including phenoxy) is 2. The van der Waals surface area contributed by atoms with E-state index >= 15 is 0 Å². The maximum atomic E-state index is 10.6. The van der Waals surface area contributed by atoms with Crippen LogP contribution in [0, 0.1) is 0 Å². The van der Waals surface area contributed by atoms with Crippen molar-refractivity contribution in [2.45, 2.75) is 19.9 Å². The van der Waals surface area contributed by atoms with Gasteiger partial charge in [0.25, 0.3) is 0 Å². The van der Waals surface area contributed by atoms with Gasteiger partial charge < -0.3 is 14.5 Å². The zero-order valence-corrected chi connectivity index (χ0v) is 17.1. The van der Waals surface area contributed by atoms with Crippen LogP contribution in [-0.4, -0.2) is 49.0 Å². The first kappa shape index (κ1) is 20.7. The van der Waals surface area contributed by atoms with Crippen molar-refractivity contribution in [3.8, 4) is 11.5 Å². The molecule has 0 spiro atoms. The monoisotopic (exact) mass is 396 g/mol. The van der Waals surface area contributed by atoms with E-state index in [0.29, 0.717) is 13.5 Å². The van der Waals surface area contributed by atoms with Gasteiger partial charge in [-0.25, -0.2) is 5.01 Å². The Labute approximate surface area is 171 Å². The Hall–Kier alpha value is -3.03. The van der Waals surface area contributed by atoms with Crippen LogP contribution in [-0.2, 0) is 17.8 Å². The molecule has 1 aromatic heterocycles. The molecular weight excluding hydrogens is 368 g/mol. The summed E-state index contributed by atoms with van der Waals surface area (Å²) in [4.78, 5) is 14.1. The number of carbonyl (C=O) groups is 1. The number of hydrogen-bond donors (Lipinski definition) is 2. The summed E-state index contributed by atoms with van der Waals surface area (Å²) in [7, 11) is 3.60. The van der Waals surface area contributed by atoms with Crippen LogP contribution in [0.15, 0.2) is 48.5 Å². The SMILES string of the molecule is CCc1c(CNCN(C)N(C)C=O)[nH]c2ccccc12.c1ccc2c(c1)OCO2. The standard InChI is InChI=1S/C15H22N4O.C7H6O2/c1-4-12-13-7-5-6-8-14(13)17-15(12)9-16-10-18(2)19(3)11-20;1-2-4-7-6(3-1)8-5-9-7/h5-8,11,16-17H,4,9-10H2,1-3H3;1-4H,5H2. The Morgan fingerprint density at radius 1 is 1.07 bits per heavy atom. The molecule has 0 unspecified atom stereocenters. The van der Waals surface area contributed by atoms with Crippen molar-refractivity contribution in [1.82, 2.24) is 20.3 Å². The summed E-state index contributed by atoms with van der Waals surface area (Å²) in [6, 6.07) is 16.0. The van der Waals surface area contributed by atoms with E-state index in [2.05, 4.69) is 35.4 Å². The van der Waals surface area contributed by atoms with Gasteiger partial charge in [0.1, 0.15) is 0 Å². The number of benzene rings is 2. The molecule has 7 heteroatoms. The number of aromatic nitrogens is 1. The van der Waals surface area contributed by atoms with Crippen LogP contribution >= 0.6 is 0 Å². The zero-order valence-electron chi connectivity index (χ0n) is 17.1. The molecule has 0 radical (unpaired) electrons. The maximum Gasteiger partial charge on any atom is 0.231 e. The highest BCUT2D eigenvalue weighted by Crippen LogP contribution is 2.30. The summed E-state index contributed by atoms with van der Waals surface area (Å²) in [5.41, 5.74) is 3.76. The molecule has 7 nitrogen and oxygen atoms in total. The average Bonchev–Trinajstić information content (AvgIpc) is 3.37. The minimum Gasteiger partial charge on any atom is -0.454 e. The number of aromatic amines is 1. The van der Waals surface area contributed by atoms with Gasteiger partial charge in [-0.15, -0.1) is 0 Å². The Morgan fingerprint density at radius 2 is 1.72 bits per heavy atom. The topological polar surface area (TPSA) is 69.8 Å². The summed E-state index contributed by atoms with van der Waals surface area (Å²) in [5, 5.41) is 7.98. The van der Waals surface area contributed by atoms with Crippen LogP contribution in [0.25, 0.3) is 10.9 Å². The number of amides is 1. The molecule has 0 bridgehead atoms. The first-order valence-corrected chi connectivity index (χ1v) is 9.67. The highest BCUT2D eigenvalue weighted by atomic mass is 16.7. The Morgan fingerprint density at radius 3 is 2.38 bits per heavy atom. The molecule has 0 fully saturated rings. The maximum absolute atomic E-state index is 10.6. The van der Waals surface area contributed by atoms with Gasteiger partial charge in [0.2, 0.25) is 13.2 Å². The Kier molecular flexibility index (Phi) is 7.10. The van der Waals surface area contributed by atoms with Crippen molar-refractivity contribution >= 4 is 17.3 Å². The first-order valence-electron chi connectivity index (χ1n) is 9.67. The number of para-hydroxylation sites is 3. The van der Waals surface area contributed by atoms with Gasteiger partial charge in [0, 0.05) is 37.2 Å². The predicted octanol–water partition coefficient (Wildman–Crippen LogP) is 3.13. The van der Waals surface area contributed by atoms with E-state index in [0.717, 1.165) is 30.9 Å². The molecule has 1 amide bonds. The van der Waals surface area contributed by atoms with E-state index in [4.69, 9.17) is 9.47 Å². The molecule has 154 valence electrons. The number of nitrogens with one attached hydrogen (secondary N) is 2. The lowest BCUT2D eigenvalue weighted by Crippen LogP contribution is -2.41. The normalized spacial score (nSPS) is 12.0. The fraction of sp³-hybridized carbons (Fsp3) is 0.318. The lowest BCUT2D eigenvalue weighted by Gasteiger charge is -2.24. The quantitative estimate of drug-likeness (QED) is 0.365. The van der Waals surface area contributed by atoms with Crippen LogP contribution < -0.4 is 14.8 Å². The smallest absolute Gasteiger partial charge is 0.231 e. The second-order valence-corrected chi connectivity index (χ2v) is 6.76. The van der Waals surface area contributed by atoms with Crippen molar-refractivity contribution in [3.63, 3.8) is 0 Å². The predicted molar refractivity (Wildman–Crippen MR) is 114 cm³/mol. The van der Waals surface area contributed by atoms with Crippen molar-refractivity contribution in [2.24, 2.45) is 0 Å². The second kappa shape index (κ2) is 9.95. The molecule has 1 aliphatic heterocycles. The van der Waals surface area contributed by atoms with Gasteiger partial charge in [-0.1, -0.05) is 37.3 Å². The molecule has 1 aliphatic rings. The van der Waals surface area contributed by atoms with E-state index in [1.54, 1.807) is 7.05 Å². The van der Waals surface area contributed by atoms with Crippen LogP contribution in [0.4, 0.5) is 0 Å². The summed E-state index contributed by atoms with van der Waals surface area (Å²) < 4.78 is 10.2. The molecule has 0 atom stereocenters. The van der Waals surface area contributed by atoms with Gasteiger partial charge >= 0.3 is 0 Å². The van der Waals surface area contributed by atoms with Crippen molar-refractivity contribution in [3.05, 3.63) is 59.8 Å². The van der Waals surface area contributed by atoms with Crippen LogP contribution in [0.5, 0.6) is 11.5 Å². The molecule has 29 heavy (non-hydrogen) atoms. The van der Waals surface area contributed by atoms with Gasteiger partial charge in [-0.05, 0) is 30.2 Å². The molecule has 0 saturated carbocycles. The molecule has 2 heterocycles. The minimum atomic E-state index is 0.360. The zero-order chi connectivity index (χ0) is 20.6. The number of carbonyl (C=O) groups excluding carboxylic acids is 1. The van der Waals surface area contributed by atoms with Crippen molar-refractivity contribution < 1.29 is 14.3 Å². The van der Waals surface area contributed by atoms with E-state index in [1.165, 1.54) is 27.2 Å². The van der Waals surface area contributed by atoms with Gasteiger partial charge in [-0.2, -0.15) is 0 Å². The van der Waals surface area contributed by atoms with Crippen LogP contribution in [0.2, 0.25) is 0 Å². The van der Waals surface area contributed by atoms with Crippen molar-refractivity contribution in [1.29, 1.82) is 0 Å². The lowest BCUT2D eigenvalue weighted by atomic mass is 10.1. The number of nitrogens with zero attached hydrogens (tertiary/aromatic N) is 2. The third-order valence-electron chi connectivity index (χ3n) is 4.87. The van der Waals surface area contributed by atoms with E-state index in [1.807, 2.05) is 42.4 Å². The van der Waals surface area contributed by atoms with Crippen LogP contribution in [0.3, 0.4) is 0 Å². The molecule has 2 aromatic carbocycles. The van der Waals surface area contributed by atoms with Gasteiger partial charge in [0.05, 0.1) is 6.67 Å². The second-order valence-electron chi connectivity index (χ2n) is 6.76. The number of H-pyrrole nitrogens is 1. The summed E-state index contributed by atoms with van der Waals surface area (Å²) in [6.45, 7) is 3.91. The number of aryl methyl sites for hydroxylation is 1. The molecule has 0 saturated heterocycles. The molecule has 3 aromatic rings. The van der Waals surface area contributed by atoms with E-state index < -0.39 is 0 Å². The number of rotatable bonds is 7. The highest BCUT2D eigenvalue weighted by molar-refractivity contribution is 5.84. The molecular formula is C22H28N4O3. The lowest BCUT2D eigenvalue weighted by molar-refractivity contribution is -0.129. The molecule has 0 aliphatic carbocycles. The minimum absolute atomic E-state index is 0.360. The number of fused-ring (bicyclic) bond motifs is 2. The Balaban J connectivity index is 0.000000220. The summed E-state index contributed by atoms with van der Waals surface area (Å²) in [5.74, 6) is 1.69. The number of hydrazine groups is 1. The van der Waals surface area contributed by atoms with Gasteiger partial charge in [0.15, 0.2) is 11.5 Å². The fourth-order valence-electron chi connectivity index (χ4n) is 3.19. The summed E-state index contributed by atoms with van der Waals surface area (Å²) in [6.07, 6.45) is 1.80. The first-order chi connectivity index (χ1) is 14.1. The van der Waals surface area contributed by atoms with Gasteiger partial charge in [-0.3, -0.25) is 15.1 Å². The third kappa shape index (κ3) is 5.07. The highest BCUT2D eigenvalue weighted by Gasteiger charge is 2.10. The summed E-state index contributed by atoms with van der Waals surface area (Å²) >= 11 is 0. The average molecular weight is 396 g/mol. The molecule has 4 rings (SSSR count). The Bertz CT molecular complexity index is 918. The number of hydrogen-bond acceptors (Lipinski definition) is 5. The van der Waals surface area contributed by atoms with E-state index in [9.17, 15) is 4.79 Å². The molecule has 2 N–H and O–H groups in total. The van der Waals surface area contributed by atoms with Crippen LogP contribution in [0.1, 0.15) is 18.2 Å².